The van der Waals surface area contributed by atoms with Crippen molar-refractivity contribution in [1.82, 2.24) is 14.7 Å². The van der Waals surface area contributed by atoms with Crippen molar-refractivity contribution in [1.29, 1.82) is 0 Å². The zero-order chi connectivity index (χ0) is 15.8. The molecule has 1 aliphatic rings. The van der Waals surface area contributed by atoms with Crippen LogP contribution in [0.15, 0.2) is 0 Å². The summed E-state index contributed by atoms with van der Waals surface area (Å²) in [6, 6.07) is 0. The molecule has 1 rings (SSSR count). The van der Waals surface area contributed by atoms with Gasteiger partial charge in [-0.15, -0.1) is 0 Å². The summed E-state index contributed by atoms with van der Waals surface area (Å²) in [5.41, 5.74) is 0. The van der Waals surface area contributed by atoms with Crippen LogP contribution in [0, 0.1) is 0 Å². The number of rotatable bonds is 6. The van der Waals surface area contributed by atoms with Crippen molar-refractivity contribution in [3.8, 4) is 0 Å². The summed E-state index contributed by atoms with van der Waals surface area (Å²) in [4.78, 5) is 37.7. The summed E-state index contributed by atoms with van der Waals surface area (Å²) in [5.74, 6) is -1.88. The molecule has 0 spiro atoms. The molecule has 0 aromatic heterocycles. The zero-order valence-electron chi connectivity index (χ0n) is 12.3. The summed E-state index contributed by atoms with van der Waals surface area (Å²) in [7, 11) is 0. The van der Waals surface area contributed by atoms with Gasteiger partial charge in [0.15, 0.2) is 0 Å². The number of carbonyl (C=O) groups is 3. The molecule has 0 atom stereocenters. The van der Waals surface area contributed by atoms with E-state index >= 15 is 0 Å². The van der Waals surface area contributed by atoms with Gasteiger partial charge in [-0.1, -0.05) is 0 Å². The summed E-state index contributed by atoms with van der Waals surface area (Å²) in [5, 5.41) is 17.7. The first-order chi connectivity index (χ1) is 9.86. The Morgan fingerprint density at radius 1 is 0.900 bits per heavy atom. The minimum atomic E-state index is -0.942. The number of nitrogens with zero attached hydrogens (tertiary/aromatic N) is 3. The van der Waals surface area contributed by atoms with E-state index in [1.165, 1.54) is 0 Å². The van der Waals surface area contributed by atoms with Crippen LogP contribution in [-0.2, 0) is 14.4 Å². The molecule has 20 heavy (non-hydrogen) atoms. The summed E-state index contributed by atoms with van der Waals surface area (Å²) < 4.78 is 7.03. The van der Waals surface area contributed by atoms with Gasteiger partial charge in [-0.05, 0) is 0 Å². The molecule has 1 aliphatic heterocycles. The highest BCUT2D eigenvalue weighted by Gasteiger charge is 2.18. The first-order valence-corrected chi connectivity index (χ1v) is 6.47. The molecule has 1 heterocycles. The third-order valence-corrected chi connectivity index (χ3v) is 3.20. The molecule has 8 heteroatoms. The van der Waals surface area contributed by atoms with Gasteiger partial charge in [-0.3, -0.25) is 24.3 Å². The Hall–Kier alpha value is -1.51. The number of hydrogen-bond donors (Lipinski definition) is 2. The van der Waals surface area contributed by atoms with Crippen molar-refractivity contribution in [2.75, 3.05) is 58.9 Å². The normalized spacial score (nSPS) is 20.5. The van der Waals surface area contributed by atoms with Gasteiger partial charge in [-0.2, -0.15) is 0 Å². The van der Waals surface area contributed by atoms with Crippen molar-refractivity contribution in [2.24, 2.45) is 0 Å². The van der Waals surface area contributed by atoms with E-state index in [1.54, 1.807) is 14.7 Å². The quantitative estimate of drug-likeness (QED) is 0.556. The summed E-state index contributed by atoms with van der Waals surface area (Å²) in [6.45, 7) is 2.57. The number of aliphatic carboxylic acids is 2. The fraction of sp³-hybridized carbons (Fsp3) is 0.750. The van der Waals surface area contributed by atoms with Gasteiger partial charge in [0.05, 0.1) is 19.6 Å². The lowest BCUT2D eigenvalue weighted by atomic mass is 10.4. The van der Waals surface area contributed by atoms with Crippen LogP contribution >= 0.6 is 0 Å². The molecule has 0 amide bonds. The van der Waals surface area contributed by atoms with Crippen LogP contribution in [0.4, 0.5) is 0 Å². The number of carboxylic acid groups (broad SMARTS) is 2. The van der Waals surface area contributed by atoms with Crippen LogP contribution in [0.5, 0.6) is 0 Å². The predicted molar refractivity (Wildman–Crippen MR) is 70.7 cm³/mol. The Kier molecular flexibility index (Phi) is 6.42. The molecule has 0 aromatic rings. The van der Waals surface area contributed by atoms with E-state index < -0.39 is 18.2 Å². The molecule has 0 radical (unpaired) electrons. The topological polar surface area (TPSA) is 101 Å². The van der Waals surface area contributed by atoms with Gasteiger partial charge < -0.3 is 15.0 Å². The van der Waals surface area contributed by atoms with E-state index in [0.29, 0.717) is 39.3 Å². The minimum absolute atomic E-state index is 0.0260. The van der Waals surface area contributed by atoms with Crippen LogP contribution in [0.2, 0.25) is 0 Å². The number of carboxylic acids is 2. The first-order valence-electron chi connectivity index (χ1n) is 6.97. The molecule has 114 valence electrons. The number of aldehydes is 1. The van der Waals surface area contributed by atoms with E-state index in [9.17, 15) is 14.4 Å². The summed E-state index contributed by atoms with van der Waals surface area (Å²) in [6.07, 6.45) is -0.705. The molecule has 8 nitrogen and oxygen atoms in total. The minimum Gasteiger partial charge on any atom is -0.480 e. The van der Waals surface area contributed by atoms with Crippen molar-refractivity contribution < 1.29 is 26.0 Å². The van der Waals surface area contributed by atoms with Gasteiger partial charge in [0.25, 0.3) is 0 Å². The molecule has 1 saturated heterocycles. The lowest BCUT2D eigenvalue weighted by molar-refractivity contribution is -0.140. The van der Waals surface area contributed by atoms with Gasteiger partial charge in [-0.25, -0.2) is 0 Å². The fourth-order valence-corrected chi connectivity index (χ4v) is 2.13. The van der Waals surface area contributed by atoms with Gasteiger partial charge in [0.2, 0.25) is 0 Å². The monoisotopic (exact) mass is 288 g/mol. The lowest BCUT2D eigenvalue weighted by Gasteiger charge is -2.23. The maximum Gasteiger partial charge on any atom is 0.317 e. The van der Waals surface area contributed by atoms with Crippen LogP contribution in [0.3, 0.4) is 0 Å². The zero-order valence-corrected chi connectivity index (χ0v) is 11.3. The number of carbonyl (C=O) groups excluding carboxylic acids is 1. The average molecular weight is 288 g/mol. The van der Waals surface area contributed by atoms with Crippen LogP contribution in [0.25, 0.3) is 0 Å². The molecular weight excluding hydrogens is 266 g/mol. The van der Waals surface area contributed by atoms with Crippen LogP contribution in [-0.4, -0.2) is 102 Å². The Bertz CT molecular complexity index is 324. The van der Waals surface area contributed by atoms with E-state index in [1.807, 2.05) is 0 Å². The Morgan fingerprint density at radius 2 is 1.25 bits per heavy atom. The highest BCUT2D eigenvalue weighted by molar-refractivity contribution is 5.69. The third kappa shape index (κ3) is 6.60. The van der Waals surface area contributed by atoms with Crippen molar-refractivity contribution in [3.05, 3.63) is 0 Å². The van der Waals surface area contributed by atoms with Crippen molar-refractivity contribution >= 4 is 18.2 Å². The highest BCUT2D eigenvalue weighted by atomic mass is 16.4. The van der Waals surface area contributed by atoms with Crippen molar-refractivity contribution in [3.63, 3.8) is 0 Å². The molecule has 0 aliphatic carbocycles. The maximum atomic E-state index is 10.9. The fourth-order valence-electron chi connectivity index (χ4n) is 2.13. The molecular formula is C12H21N3O5. The Labute approximate surface area is 119 Å². The van der Waals surface area contributed by atoms with E-state index in [-0.39, 0.29) is 19.6 Å². The summed E-state index contributed by atoms with van der Waals surface area (Å²) >= 11 is 0. The second kappa shape index (κ2) is 8.62. The predicted octanol–water partition coefficient (Wildman–Crippen LogP) is -1.73. The molecule has 0 bridgehead atoms. The molecule has 2 N–H and O–H groups in total. The highest BCUT2D eigenvalue weighted by Crippen LogP contribution is 2.00. The Balaban J connectivity index is 2.68. The first kappa shape index (κ1) is 14.9. The molecule has 0 aromatic carbocycles. The standard InChI is InChI=1S/C12H21N3O5/c16-8-7-13-1-3-14(9-11(17)18)5-6-15(4-2-13)10-12(19)20/h8H,1-7,9-10H2,(H,17,18)(H,19,20)/i8D. The van der Waals surface area contributed by atoms with Gasteiger partial charge in [0, 0.05) is 39.3 Å². The van der Waals surface area contributed by atoms with Gasteiger partial charge >= 0.3 is 11.9 Å². The lowest BCUT2D eigenvalue weighted by Crippen LogP contribution is -2.40. The second-order valence-electron chi connectivity index (χ2n) is 4.76. The van der Waals surface area contributed by atoms with Gasteiger partial charge in [0.1, 0.15) is 7.63 Å². The SMILES string of the molecule is [2H]C(=O)CN1CCN(CC(=O)O)CCN(CC(=O)O)CC1. The molecule has 0 unspecified atom stereocenters. The number of hydrogen-bond acceptors (Lipinski definition) is 6. The van der Waals surface area contributed by atoms with Crippen LogP contribution in [0.1, 0.15) is 1.37 Å². The Morgan fingerprint density at radius 3 is 1.55 bits per heavy atom. The molecule has 0 saturated carbocycles. The van der Waals surface area contributed by atoms with E-state index in [0.717, 1.165) is 0 Å². The van der Waals surface area contributed by atoms with Crippen molar-refractivity contribution in [2.45, 2.75) is 0 Å². The third-order valence-electron chi connectivity index (χ3n) is 3.20. The van der Waals surface area contributed by atoms with E-state index in [2.05, 4.69) is 0 Å². The average Bonchev–Trinajstić information content (AvgIpc) is 2.42. The second-order valence-corrected chi connectivity index (χ2v) is 4.76. The molecule has 1 fully saturated rings. The maximum absolute atomic E-state index is 10.9. The largest absolute Gasteiger partial charge is 0.480 e. The van der Waals surface area contributed by atoms with Crippen LogP contribution < -0.4 is 0 Å². The van der Waals surface area contributed by atoms with E-state index in [4.69, 9.17) is 11.6 Å². The smallest absolute Gasteiger partial charge is 0.317 e.